The molecule has 0 saturated carbocycles. The van der Waals surface area contributed by atoms with Crippen LogP contribution in [0.25, 0.3) is 0 Å². The van der Waals surface area contributed by atoms with Gasteiger partial charge in [0.15, 0.2) is 0 Å². The average molecular weight is 272 g/mol. The number of carbonyl (C=O) groups excluding carboxylic acids is 1. The van der Waals surface area contributed by atoms with Crippen molar-refractivity contribution in [1.29, 1.82) is 0 Å². The van der Waals surface area contributed by atoms with Crippen molar-refractivity contribution in [3.8, 4) is 0 Å². The van der Waals surface area contributed by atoms with Crippen LogP contribution in [0, 0.1) is 0 Å². The van der Waals surface area contributed by atoms with E-state index in [-0.39, 0.29) is 4.99 Å². The van der Waals surface area contributed by atoms with Crippen LogP contribution in [0.2, 0.25) is 0 Å². The Morgan fingerprint density at radius 3 is 2.37 bits per heavy atom. The molecule has 2 aromatic rings. The lowest BCUT2D eigenvalue weighted by Crippen LogP contribution is -2.12. The quantitative estimate of drug-likeness (QED) is 0.734. The first-order valence-corrected chi connectivity index (χ1v) is 5.91. The van der Waals surface area contributed by atoms with Crippen LogP contribution in [0.3, 0.4) is 0 Å². The van der Waals surface area contributed by atoms with Gasteiger partial charge in [0.25, 0.3) is 0 Å². The largest absolute Gasteiger partial charge is 0.388 e. The number of hydrogen-bond acceptors (Lipinski definition) is 4. The summed E-state index contributed by atoms with van der Waals surface area (Å²) in [6, 6.07) is 12.1. The van der Waals surface area contributed by atoms with E-state index < -0.39 is 5.91 Å². The van der Waals surface area contributed by atoms with Crippen LogP contribution in [0.4, 0.5) is 11.5 Å². The summed E-state index contributed by atoms with van der Waals surface area (Å²) in [6.45, 7) is 0. The number of nitrogens with zero attached hydrogens (tertiary/aromatic N) is 1. The lowest BCUT2D eigenvalue weighted by Gasteiger charge is -2.07. The van der Waals surface area contributed by atoms with E-state index in [0.717, 1.165) is 5.69 Å². The van der Waals surface area contributed by atoms with E-state index in [1.54, 1.807) is 36.4 Å². The molecule has 0 radical (unpaired) electrons. The lowest BCUT2D eigenvalue weighted by atomic mass is 10.2. The number of nitrogens with two attached hydrogens (primary N) is 2. The van der Waals surface area contributed by atoms with Gasteiger partial charge in [0.1, 0.15) is 10.8 Å². The monoisotopic (exact) mass is 272 g/mol. The number of anilines is 2. The van der Waals surface area contributed by atoms with Gasteiger partial charge in [-0.15, -0.1) is 0 Å². The molecule has 96 valence electrons. The van der Waals surface area contributed by atoms with E-state index in [1.165, 1.54) is 0 Å². The molecule has 0 aliphatic rings. The number of amides is 1. The highest BCUT2D eigenvalue weighted by Crippen LogP contribution is 2.15. The second-order valence-electron chi connectivity index (χ2n) is 3.84. The molecule has 2 rings (SSSR count). The van der Waals surface area contributed by atoms with Gasteiger partial charge in [-0.1, -0.05) is 18.3 Å². The minimum atomic E-state index is -0.458. The van der Waals surface area contributed by atoms with E-state index in [4.69, 9.17) is 23.7 Å². The summed E-state index contributed by atoms with van der Waals surface area (Å²) in [7, 11) is 0. The van der Waals surface area contributed by atoms with Gasteiger partial charge in [0, 0.05) is 11.3 Å². The zero-order chi connectivity index (χ0) is 13.8. The third kappa shape index (κ3) is 3.26. The van der Waals surface area contributed by atoms with Gasteiger partial charge in [0.05, 0.1) is 5.69 Å². The van der Waals surface area contributed by atoms with Crippen molar-refractivity contribution in [2.45, 2.75) is 0 Å². The van der Waals surface area contributed by atoms with Crippen LogP contribution in [0.1, 0.15) is 16.1 Å². The molecule has 19 heavy (non-hydrogen) atoms. The number of carbonyl (C=O) groups is 1. The van der Waals surface area contributed by atoms with Crippen molar-refractivity contribution in [2.75, 3.05) is 5.32 Å². The summed E-state index contributed by atoms with van der Waals surface area (Å²) in [6.07, 6.45) is 0. The zero-order valence-corrected chi connectivity index (χ0v) is 10.8. The predicted molar refractivity (Wildman–Crippen MR) is 78.4 cm³/mol. The number of benzene rings is 1. The summed E-state index contributed by atoms with van der Waals surface area (Å²) in [5.41, 5.74) is 12.5. The molecule has 0 aliphatic carbocycles. The first-order valence-electron chi connectivity index (χ1n) is 5.50. The molecule has 1 aromatic heterocycles. The number of nitrogens with one attached hydrogen (secondary N) is 1. The first kappa shape index (κ1) is 13.0. The Labute approximate surface area is 115 Å². The highest BCUT2D eigenvalue weighted by atomic mass is 32.1. The van der Waals surface area contributed by atoms with Gasteiger partial charge in [0.2, 0.25) is 5.91 Å². The zero-order valence-electron chi connectivity index (χ0n) is 9.96. The fourth-order valence-corrected chi connectivity index (χ4v) is 1.62. The maximum Gasteiger partial charge on any atom is 0.248 e. The molecule has 1 amide bonds. The van der Waals surface area contributed by atoms with Crippen molar-refractivity contribution in [3.05, 3.63) is 53.7 Å². The number of primary amides is 1. The second-order valence-corrected chi connectivity index (χ2v) is 4.28. The summed E-state index contributed by atoms with van der Waals surface area (Å²) >= 11 is 4.87. The van der Waals surface area contributed by atoms with Crippen molar-refractivity contribution in [1.82, 2.24) is 4.98 Å². The normalized spacial score (nSPS) is 9.89. The van der Waals surface area contributed by atoms with E-state index in [9.17, 15) is 4.79 Å². The molecule has 0 spiro atoms. The summed E-state index contributed by atoms with van der Waals surface area (Å²) < 4.78 is 0. The molecule has 0 atom stereocenters. The Kier molecular flexibility index (Phi) is 3.72. The first-order chi connectivity index (χ1) is 9.06. The molecule has 5 nitrogen and oxygen atoms in total. The third-order valence-corrected chi connectivity index (χ3v) is 2.65. The van der Waals surface area contributed by atoms with Gasteiger partial charge in [-0.05, 0) is 36.4 Å². The number of hydrogen-bond donors (Lipinski definition) is 3. The van der Waals surface area contributed by atoms with Crippen LogP contribution >= 0.6 is 12.2 Å². The van der Waals surface area contributed by atoms with E-state index >= 15 is 0 Å². The standard InChI is InChI=1S/C13H12N4OS/c14-12(18)8-4-6-9(7-5-8)16-11-3-1-2-10(17-11)13(15)19/h1-7H,(H2,14,18)(H2,15,19)(H,16,17). The summed E-state index contributed by atoms with van der Waals surface area (Å²) in [5.74, 6) is 0.164. The van der Waals surface area contributed by atoms with E-state index in [2.05, 4.69) is 10.3 Å². The predicted octanol–water partition coefficient (Wildman–Crippen LogP) is 1.56. The Morgan fingerprint density at radius 2 is 1.79 bits per heavy atom. The maximum absolute atomic E-state index is 11.0. The minimum absolute atomic E-state index is 0.243. The van der Waals surface area contributed by atoms with Crippen molar-refractivity contribution >= 4 is 34.6 Å². The second kappa shape index (κ2) is 5.45. The van der Waals surface area contributed by atoms with Crippen LogP contribution < -0.4 is 16.8 Å². The molecule has 6 heteroatoms. The van der Waals surface area contributed by atoms with Gasteiger partial charge in [-0.25, -0.2) is 4.98 Å². The Morgan fingerprint density at radius 1 is 1.11 bits per heavy atom. The van der Waals surface area contributed by atoms with Crippen LogP contribution in [-0.2, 0) is 0 Å². The average Bonchev–Trinajstić information content (AvgIpc) is 2.39. The summed E-state index contributed by atoms with van der Waals surface area (Å²) in [5, 5.41) is 3.09. The fourth-order valence-electron chi connectivity index (χ4n) is 1.51. The molecule has 5 N–H and O–H groups in total. The molecule has 0 unspecified atom stereocenters. The highest BCUT2D eigenvalue weighted by Gasteiger charge is 2.02. The molecule has 0 saturated heterocycles. The number of thiocarbonyl (C=S) groups is 1. The van der Waals surface area contributed by atoms with Crippen molar-refractivity contribution in [3.63, 3.8) is 0 Å². The lowest BCUT2D eigenvalue weighted by molar-refractivity contribution is 0.100. The maximum atomic E-state index is 11.0. The number of aromatic nitrogens is 1. The molecule has 0 fully saturated rings. The molecular weight excluding hydrogens is 260 g/mol. The Hall–Kier alpha value is -2.47. The van der Waals surface area contributed by atoms with Crippen molar-refractivity contribution in [2.24, 2.45) is 11.5 Å². The third-order valence-electron chi connectivity index (χ3n) is 2.44. The smallest absolute Gasteiger partial charge is 0.248 e. The van der Waals surface area contributed by atoms with Crippen LogP contribution in [0.5, 0.6) is 0 Å². The fraction of sp³-hybridized carbons (Fsp3) is 0. The summed E-state index contributed by atoms with van der Waals surface area (Å²) in [4.78, 5) is 15.5. The topological polar surface area (TPSA) is 94.0 Å². The highest BCUT2D eigenvalue weighted by molar-refractivity contribution is 7.80. The molecule has 1 heterocycles. The van der Waals surface area contributed by atoms with Gasteiger partial charge in [-0.2, -0.15) is 0 Å². The Bertz CT molecular complexity index is 625. The van der Waals surface area contributed by atoms with Gasteiger partial charge < -0.3 is 16.8 Å². The Balaban J connectivity index is 2.19. The van der Waals surface area contributed by atoms with Crippen LogP contribution in [0.15, 0.2) is 42.5 Å². The SMILES string of the molecule is NC(=O)c1ccc(Nc2cccc(C(N)=S)n2)cc1. The number of pyridine rings is 1. The van der Waals surface area contributed by atoms with E-state index in [0.29, 0.717) is 17.1 Å². The molecule has 0 aliphatic heterocycles. The van der Waals surface area contributed by atoms with Gasteiger partial charge in [-0.3, -0.25) is 4.79 Å². The van der Waals surface area contributed by atoms with Crippen LogP contribution in [-0.4, -0.2) is 15.9 Å². The van der Waals surface area contributed by atoms with Crippen molar-refractivity contribution < 1.29 is 4.79 Å². The van der Waals surface area contributed by atoms with E-state index in [1.807, 2.05) is 6.07 Å². The molecular formula is C13H12N4OS. The van der Waals surface area contributed by atoms with Gasteiger partial charge >= 0.3 is 0 Å². The minimum Gasteiger partial charge on any atom is -0.388 e. The molecule has 0 bridgehead atoms. The molecule has 1 aromatic carbocycles. The number of rotatable bonds is 4.